The zero-order chi connectivity index (χ0) is 11.5. The fourth-order valence-electron chi connectivity index (χ4n) is 1.60. The highest BCUT2D eigenvalue weighted by atomic mass is 32.1. The molecule has 3 nitrogen and oxygen atoms in total. The van der Waals surface area contributed by atoms with Gasteiger partial charge in [-0.1, -0.05) is 12.1 Å². The van der Waals surface area contributed by atoms with Crippen LogP contribution in [0.1, 0.15) is 5.56 Å². The maximum absolute atomic E-state index is 5.72. The van der Waals surface area contributed by atoms with E-state index in [0.29, 0.717) is 12.5 Å². The van der Waals surface area contributed by atoms with E-state index in [-0.39, 0.29) is 0 Å². The molecule has 0 N–H and O–H groups in total. The Labute approximate surface area is 103 Å². The molecule has 0 radical (unpaired) electrons. The topological polar surface area (TPSA) is 35.0 Å². The van der Waals surface area contributed by atoms with Crippen molar-refractivity contribution >= 4 is 21.6 Å². The van der Waals surface area contributed by atoms with Crippen LogP contribution in [0.3, 0.4) is 0 Å². The molecule has 0 bridgehead atoms. The van der Waals surface area contributed by atoms with E-state index < -0.39 is 0 Å². The molecule has 0 aliphatic rings. The minimum absolute atomic E-state index is 0.524. The van der Waals surface area contributed by atoms with Crippen LogP contribution in [-0.4, -0.2) is 9.36 Å². The van der Waals surface area contributed by atoms with Crippen molar-refractivity contribution in [3.05, 3.63) is 54.4 Å². The van der Waals surface area contributed by atoms with E-state index in [2.05, 4.69) is 9.36 Å². The van der Waals surface area contributed by atoms with Gasteiger partial charge in [0.25, 0.3) is 0 Å². The summed E-state index contributed by atoms with van der Waals surface area (Å²) in [5.41, 5.74) is 1.09. The monoisotopic (exact) mass is 242 g/mol. The summed E-state index contributed by atoms with van der Waals surface area (Å²) in [5, 5.41) is 1.08. The molecule has 2 heterocycles. The first-order valence-electron chi connectivity index (χ1n) is 5.29. The molecule has 0 amide bonds. The Kier molecular flexibility index (Phi) is 2.71. The average molecular weight is 242 g/mol. The van der Waals surface area contributed by atoms with Gasteiger partial charge in [-0.3, -0.25) is 4.98 Å². The number of nitrogens with zero attached hydrogens (tertiary/aromatic N) is 2. The lowest BCUT2D eigenvalue weighted by molar-refractivity contribution is 0.301. The van der Waals surface area contributed by atoms with Crippen molar-refractivity contribution in [1.29, 1.82) is 0 Å². The van der Waals surface area contributed by atoms with Gasteiger partial charge in [-0.05, 0) is 41.4 Å². The van der Waals surface area contributed by atoms with Gasteiger partial charge in [0.2, 0.25) is 5.88 Å². The van der Waals surface area contributed by atoms with Gasteiger partial charge in [0.15, 0.2) is 0 Å². The third kappa shape index (κ3) is 2.12. The smallest absolute Gasteiger partial charge is 0.233 e. The predicted molar refractivity (Wildman–Crippen MR) is 68.2 cm³/mol. The van der Waals surface area contributed by atoms with Crippen LogP contribution in [0.15, 0.2) is 48.8 Å². The summed E-state index contributed by atoms with van der Waals surface area (Å²) < 4.78 is 11.2. The zero-order valence-electron chi connectivity index (χ0n) is 9.04. The average Bonchev–Trinajstić information content (AvgIpc) is 2.81. The van der Waals surface area contributed by atoms with E-state index >= 15 is 0 Å². The van der Waals surface area contributed by atoms with Gasteiger partial charge in [0.1, 0.15) is 6.61 Å². The van der Waals surface area contributed by atoms with Crippen molar-refractivity contribution in [3.8, 4) is 5.88 Å². The van der Waals surface area contributed by atoms with Gasteiger partial charge < -0.3 is 4.74 Å². The molecule has 0 saturated heterocycles. The highest BCUT2D eigenvalue weighted by Gasteiger charge is 2.06. The van der Waals surface area contributed by atoms with Crippen LogP contribution in [0.4, 0.5) is 0 Å². The molecule has 0 spiro atoms. The molecule has 3 aromatic rings. The largest absolute Gasteiger partial charge is 0.472 e. The first kappa shape index (κ1) is 10.2. The molecule has 84 valence electrons. The minimum atomic E-state index is 0.524. The third-order valence-corrected chi connectivity index (χ3v) is 3.28. The number of aromatic nitrogens is 2. The Morgan fingerprint density at radius 1 is 1.06 bits per heavy atom. The maximum Gasteiger partial charge on any atom is 0.233 e. The Morgan fingerprint density at radius 3 is 2.76 bits per heavy atom. The van der Waals surface area contributed by atoms with Crippen molar-refractivity contribution in [3.63, 3.8) is 0 Å². The molecule has 3 rings (SSSR count). The number of hydrogen-bond donors (Lipinski definition) is 0. The van der Waals surface area contributed by atoms with E-state index in [0.717, 1.165) is 15.6 Å². The van der Waals surface area contributed by atoms with Gasteiger partial charge in [0, 0.05) is 12.4 Å². The fraction of sp³-hybridized carbons (Fsp3) is 0.0769. The Hall–Kier alpha value is -1.94. The maximum atomic E-state index is 5.72. The van der Waals surface area contributed by atoms with Crippen LogP contribution >= 0.6 is 11.5 Å². The van der Waals surface area contributed by atoms with Gasteiger partial charge >= 0.3 is 0 Å². The lowest BCUT2D eigenvalue weighted by Gasteiger charge is -2.02. The standard InChI is InChI=1S/C13H10N2OS/c1-2-4-12-11(3-1)13(15-17-12)16-9-10-5-7-14-8-6-10/h1-8H,9H2. The van der Waals surface area contributed by atoms with Crippen LogP contribution in [-0.2, 0) is 6.61 Å². The van der Waals surface area contributed by atoms with E-state index in [1.54, 1.807) is 12.4 Å². The van der Waals surface area contributed by atoms with Crippen molar-refractivity contribution < 1.29 is 4.74 Å². The fourth-order valence-corrected chi connectivity index (χ4v) is 2.32. The van der Waals surface area contributed by atoms with Gasteiger partial charge in [-0.2, -0.15) is 4.37 Å². The van der Waals surface area contributed by atoms with Crippen molar-refractivity contribution in [1.82, 2.24) is 9.36 Å². The number of hydrogen-bond acceptors (Lipinski definition) is 4. The van der Waals surface area contributed by atoms with Crippen molar-refractivity contribution in [2.45, 2.75) is 6.61 Å². The summed E-state index contributed by atoms with van der Waals surface area (Å²) in [6.45, 7) is 0.524. The van der Waals surface area contributed by atoms with Crippen LogP contribution in [0.25, 0.3) is 10.1 Å². The van der Waals surface area contributed by atoms with Crippen LogP contribution in [0, 0.1) is 0 Å². The predicted octanol–water partition coefficient (Wildman–Crippen LogP) is 3.27. The normalized spacial score (nSPS) is 10.6. The lowest BCUT2D eigenvalue weighted by Crippen LogP contribution is -1.95. The minimum Gasteiger partial charge on any atom is -0.472 e. The molecule has 0 saturated carbocycles. The summed E-state index contributed by atoms with van der Waals surface area (Å²) in [4.78, 5) is 3.97. The van der Waals surface area contributed by atoms with Gasteiger partial charge in [-0.15, -0.1) is 0 Å². The lowest BCUT2D eigenvalue weighted by atomic mass is 10.3. The molecule has 1 aromatic carbocycles. The van der Waals surface area contributed by atoms with Crippen LogP contribution in [0.5, 0.6) is 5.88 Å². The summed E-state index contributed by atoms with van der Waals surface area (Å²) in [5.74, 6) is 0.711. The van der Waals surface area contributed by atoms with Gasteiger partial charge in [-0.25, -0.2) is 0 Å². The van der Waals surface area contributed by atoms with E-state index in [1.807, 2.05) is 36.4 Å². The van der Waals surface area contributed by atoms with Crippen molar-refractivity contribution in [2.75, 3.05) is 0 Å². The highest BCUT2D eigenvalue weighted by molar-refractivity contribution is 7.13. The quantitative estimate of drug-likeness (QED) is 0.707. The van der Waals surface area contributed by atoms with Crippen LogP contribution < -0.4 is 4.74 Å². The molecular weight excluding hydrogens is 232 g/mol. The number of benzene rings is 1. The Bertz CT molecular complexity index is 621. The first-order valence-corrected chi connectivity index (χ1v) is 6.07. The SMILES string of the molecule is c1ccc2c(OCc3ccncc3)nsc2c1. The second kappa shape index (κ2) is 4.51. The molecule has 4 heteroatoms. The second-order valence-electron chi connectivity index (χ2n) is 3.63. The van der Waals surface area contributed by atoms with E-state index in [4.69, 9.17) is 4.74 Å². The molecule has 2 aromatic heterocycles. The molecule has 0 aliphatic carbocycles. The summed E-state index contributed by atoms with van der Waals surface area (Å²) in [6, 6.07) is 12.0. The molecule has 17 heavy (non-hydrogen) atoms. The molecule has 0 atom stereocenters. The molecule has 0 fully saturated rings. The highest BCUT2D eigenvalue weighted by Crippen LogP contribution is 2.28. The number of fused-ring (bicyclic) bond motifs is 1. The third-order valence-electron chi connectivity index (χ3n) is 2.47. The number of rotatable bonds is 3. The van der Waals surface area contributed by atoms with Gasteiger partial charge in [0.05, 0.1) is 10.1 Å². The summed E-state index contributed by atoms with van der Waals surface area (Å²) in [7, 11) is 0. The molecule has 0 unspecified atom stereocenters. The van der Waals surface area contributed by atoms with Crippen LogP contribution in [0.2, 0.25) is 0 Å². The Balaban J connectivity index is 1.82. The Morgan fingerprint density at radius 2 is 1.88 bits per heavy atom. The summed E-state index contributed by atoms with van der Waals surface area (Å²) >= 11 is 1.46. The van der Waals surface area contributed by atoms with E-state index in [9.17, 15) is 0 Å². The number of ether oxygens (including phenoxy) is 1. The first-order chi connectivity index (χ1) is 8.43. The zero-order valence-corrected chi connectivity index (χ0v) is 9.85. The second-order valence-corrected chi connectivity index (χ2v) is 4.43. The molecule has 0 aliphatic heterocycles. The number of pyridine rings is 1. The van der Waals surface area contributed by atoms with E-state index in [1.165, 1.54) is 11.5 Å². The summed E-state index contributed by atoms with van der Waals surface area (Å²) in [6.07, 6.45) is 3.52. The van der Waals surface area contributed by atoms with Crippen molar-refractivity contribution in [2.24, 2.45) is 0 Å². The molecular formula is C13H10N2OS.